The van der Waals surface area contributed by atoms with E-state index < -0.39 is 23.4 Å². The molecule has 0 radical (unpaired) electrons. The number of carbonyl (C=O) groups excluding carboxylic acids is 2. The van der Waals surface area contributed by atoms with Crippen molar-refractivity contribution in [3.63, 3.8) is 0 Å². The van der Waals surface area contributed by atoms with E-state index in [9.17, 15) is 18.4 Å². The number of hydrogen-bond acceptors (Lipinski definition) is 4. The number of nitrogens with one attached hydrogen (secondary N) is 1. The zero-order chi connectivity index (χ0) is 22.0. The van der Waals surface area contributed by atoms with Crippen molar-refractivity contribution >= 4 is 23.1 Å². The first-order chi connectivity index (χ1) is 15.0. The molecule has 0 unspecified atom stereocenters. The summed E-state index contributed by atoms with van der Waals surface area (Å²) in [7, 11) is 1.55. The number of benzene rings is 3. The molecular weight excluding hydrogens is 402 g/mol. The van der Waals surface area contributed by atoms with Gasteiger partial charge in [-0.1, -0.05) is 30.3 Å². The molecule has 5 nitrogen and oxygen atoms in total. The van der Waals surface area contributed by atoms with Gasteiger partial charge < -0.3 is 10.1 Å². The van der Waals surface area contributed by atoms with E-state index in [1.165, 1.54) is 42.5 Å². The fourth-order valence-electron chi connectivity index (χ4n) is 3.34. The molecule has 156 valence electrons. The molecule has 0 aliphatic carbocycles. The molecule has 0 spiro atoms. The van der Waals surface area contributed by atoms with Gasteiger partial charge in [-0.2, -0.15) is 0 Å². The summed E-state index contributed by atoms with van der Waals surface area (Å²) in [6, 6.07) is 17.9. The smallest absolute Gasteiger partial charge is 0.278 e. The van der Waals surface area contributed by atoms with Crippen LogP contribution >= 0.6 is 0 Å². The lowest BCUT2D eigenvalue weighted by molar-refractivity contribution is -0.137. The summed E-state index contributed by atoms with van der Waals surface area (Å²) in [4.78, 5) is 27.5. The van der Waals surface area contributed by atoms with Crippen LogP contribution in [0.4, 0.5) is 14.5 Å². The predicted octanol–water partition coefficient (Wildman–Crippen LogP) is 4.37. The molecule has 2 amide bonds. The lowest BCUT2D eigenvalue weighted by Gasteiger charge is -2.16. The van der Waals surface area contributed by atoms with Crippen molar-refractivity contribution in [3.8, 4) is 5.75 Å². The second kappa shape index (κ2) is 8.39. The van der Waals surface area contributed by atoms with Gasteiger partial charge in [0.15, 0.2) is 0 Å². The highest BCUT2D eigenvalue weighted by Crippen LogP contribution is 2.32. The van der Waals surface area contributed by atoms with Crippen LogP contribution in [0, 0.1) is 11.6 Å². The third-order valence-electron chi connectivity index (χ3n) is 4.89. The molecule has 4 rings (SSSR count). The summed E-state index contributed by atoms with van der Waals surface area (Å²) in [5, 5.41) is 2.87. The van der Waals surface area contributed by atoms with Crippen LogP contribution in [0.25, 0.3) is 5.57 Å². The Kier molecular flexibility index (Phi) is 5.49. The summed E-state index contributed by atoms with van der Waals surface area (Å²) in [5.74, 6) is -1.37. The summed E-state index contributed by atoms with van der Waals surface area (Å²) < 4.78 is 32.2. The van der Waals surface area contributed by atoms with Gasteiger partial charge >= 0.3 is 0 Å². The van der Waals surface area contributed by atoms with Gasteiger partial charge in [0.2, 0.25) is 0 Å². The third kappa shape index (κ3) is 4.16. The number of methoxy groups -OCH3 is 1. The number of carbonyl (C=O) groups is 2. The molecular formula is C24H18F2N2O3. The van der Waals surface area contributed by atoms with Gasteiger partial charge in [-0.3, -0.25) is 14.5 Å². The van der Waals surface area contributed by atoms with Gasteiger partial charge in [0.05, 0.1) is 19.2 Å². The largest absolute Gasteiger partial charge is 0.497 e. The molecule has 1 N–H and O–H groups in total. The lowest BCUT2D eigenvalue weighted by atomic mass is 10.0. The second-order valence-corrected chi connectivity index (χ2v) is 6.94. The number of hydrogen-bond donors (Lipinski definition) is 1. The number of rotatable bonds is 6. The minimum atomic E-state index is -0.551. The molecule has 3 aromatic carbocycles. The summed E-state index contributed by atoms with van der Waals surface area (Å²) in [5.41, 5.74) is 1.55. The van der Waals surface area contributed by atoms with Gasteiger partial charge in [0.25, 0.3) is 11.8 Å². The zero-order valence-electron chi connectivity index (χ0n) is 16.6. The minimum Gasteiger partial charge on any atom is -0.497 e. The van der Waals surface area contributed by atoms with Gasteiger partial charge in [0, 0.05) is 5.69 Å². The topological polar surface area (TPSA) is 58.6 Å². The zero-order valence-corrected chi connectivity index (χ0v) is 16.6. The number of nitrogens with zero attached hydrogens (tertiary/aromatic N) is 1. The monoisotopic (exact) mass is 420 g/mol. The van der Waals surface area contributed by atoms with Crippen molar-refractivity contribution in [1.82, 2.24) is 4.90 Å². The van der Waals surface area contributed by atoms with Crippen LogP contribution in [0.3, 0.4) is 0 Å². The van der Waals surface area contributed by atoms with Crippen molar-refractivity contribution in [2.75, 3.05) is 12.4 Å². The molecule has 0 saturated carbocycles. The highest BCUT2D eigenvalue weighted by atomic mass is 19.1. The van der Waals surface area contributed by atoms with Gasteiger partial charge in [-0.25, -0.2) is 8.78 Å². The average Bonchev–Trinajstić information content (AvgIpc) is 2.99. The molecule has 1 aliphatic rings. The van der Waals surface area contributed by atoms with Crippen LogP contribution in [0.15, 0.2) is 78.5 Å². The Balaban J connectivity index is 1.71. The quantitative estimate of drug-likeness (QED) is 0.602. The fourth-order valence-corrected chi connectivity index (χ4v) is 3.34. The van der Waals surface area contributed by atoms with E-state index in [1.54, 1.807) is 37.4 Å². The van der Waals surface area contributed by atoms with Crippen molar-refractivity contribution in [2.45, 2.75) is 6.54 Å². The first-order valence-electron chi connectivity index (χ1n) is 9.48. The van der Waals surface area contributed by atoms with Crippen LogP contribution in [0.2, 0.25) is 0 Å². The standard InChI is InChI=1S/C24H18F2N2O3/c1-31-20-11-5-15(6-12-20)14-28-23(29)21(16-7-9-17(25)10-8-16)22(24(28)30)27-19-4-2-3-18(26)13-19/h2-13,27H,14H2,1H3. The second-order valence-electron chi connectivity index (χ2n) is 6.94. The van der Waals surface area contributed by atoms with Crippen molar-refractivity contribution in [1.29, 1.82) is 0 Å². The number of ether oxygens (including phenoxy) is 1. The van der Waals surface area contributed by atoms with E-state index in [-0.39, 0.29) is 17.8 Å². The van der Waals surface area contributed by atoms with Crippen molar-refractivity contribution < 1.29 is 23.1 Å². The normalized spacial score (nSPS) is 13.7. The maximum atomic E-state index is 13.6. The van der Waals surface area contributed by atoms with Crippen LogP contribution in [0.5, 0.6) is 5.75 Å². The maximum Gasteiger partial charge on any atom is 0.278 e. The van der Waals surface area contributed by atoms with Crippen LogP contribution in [-0.4, -0.2) is 23.8 Å². The third-order valence-corrected chi connectivity index (χ3v) is 4.89. The Morgan fingerprint density at radius 3 is 2.23 bits per heavy atom. The van der Waals surface area contributed by atoms with E-state index in [0.29, 0.717) is 17.0 Å². The van der Waals surface area contributed by atoms with Crippen molar-refractivity contribution in [3.05, 3.63) is 101 Å². The number of halogens is 2. The minimum absolute atomic E-state index is 0.00993. The summed E-state index contributed by atoms with van der Waals surface area (Å²) >= 11 is 0. The first-order valence-corrected chi connectivity index (χ1v) is 9.48. The molecule has 1 heterocycles. The van der Waals surface area contributed by atoms with Crippen LogP contribution in [-0.2, 0) is 16.1 Å². The first kappa shape index (κ1) is 20.3. The Morgan fingerprint density at radius 1 is 0.871 bits per heavy atom. The Hall–Kier alpha value is -4.00. The molecule has 3 aromatic rings. The number of amides is 2. The van der Waals surface area contributed by atoms with Crippen LogP contribution in [0.1, 0.15) is 11.1 Å². The van der Waals surface area contributed by atoms with E-state index in [4.69, 9.17) is 4.74 Å². The van der Waals surface area contributed by atoms with Crippen LogP contribution < -0.4 is 10.1 Å². The molecule has 0 bridgehead atoms. The van der Waals surface area contributed by atoms with Gasteiger partial charge in [-0.15, -0.1) is 0 Å². The highest BCUT2D eigenvalue weighted by Gasteiger charge is 2.39. The van der Waals surface area contributed by atoms with Gasteiger partial charge in [0.1, 0.15) is 23.1 Å². The molecule has 31 heavy (non-hydrogen) atoms. The molecule has 1 aliphatic heterocycles. The molecule has 0 fully saturated rings. The molecule has 0 aromatic heterocycles. The lowest BCUT2D eigenvalue weighted by Crippen LogP contribution is -2.32. The van der Waals surface area contributed by atoms with E-state index >= 15 is 0 Å². The number of anilines is 1. The Labute approximate surface area is 177 Å². The molecule has 0 saturated heterocycles. The predicted molar refractivity (Wildman–Crippen MR) is 112 cm³/mol. The molecule has 7 heteroatoms. The van der Waals surface area contributed by atoms with E-state index in [0.717, 1.165) is 10.5 Å². The summed E-state index contributed by atoms with van der Waals surface area (Å²) in [6.07, 6.45) is 0. The van der Waals surface area contributed by atoms with Gasteiger partial charge in [-0.05, 0) is 53.6 Å². The number of imide groups is 1. The van der Waals surface area contributed by atoms with Crippen molar-refractivity contribution in [2.24, 2.45) is 0 Å². The SMILES string of the molecule is COc1ccc(CN2C(=O)C(Nc3cccc(F)c3)=C(c3ccc(F)cc3)C2=O)cc1. The molecule has 0 atom stereocenters. The highest BCUT2D eigenvalue weighted by molar-refractivity contribution is 6.36. The van der Waals surface area contributed by atoms with E-state index in [1.807, 2.05) is 0 Å². The Morgan fingerprint density at radius 2 is 1.58 bits per heavy atom. The van der Waals surface area contributed by atoms with E-state index in [2.05, 4.69) is 5.32 Å². The Bertz CT molecular complexity index is 1170. The maximum absolute atomic E-state index is 13.6. The fraction of sp³-hybridized carbons (Fsp3) is 0.0833. The summed E-state index contributed by atoms with van der Waals surface area (Å²) in [6.45, 7) is 0.0423. The average molecular weight is 420 g/mol.